The fourth-order valence-corrected chi connectivity index (χ4v) is 2.02. The van der Waals surface area contributed by atoms with Gasteiger partial charge in [0.1, 0.15) is 18.1 Å². The molecule has 114 valence electrons. The van der Waals surface area contributed by atoms with Crippen LogP contribution >= 0.6 is 0 Å². The SMILES string of the molecule is CCCNCc1ccc(OC)cc1OCc1cncn1C. The number of methoxy groups -OCH3 is 1. The van der Waals surface area contributed by atoms with Gasteiger partial charge in [-0.05, 0) is 19.0 Å². The third-order valence-electron chi connectivity index (χ3n) is 3.31. The number of aromatic nitrogens is 2. The molecule has 0 aliphatic rings. The van der Waals surface area contributed by atoms with Crippen molar-refractivity contribution in [2.75, 3.05) is 13.7 Å². The fourth-order valence-electron chi connectivity index (χ4n) is 2.02. The summed E-state index contributed by atoms with van der Waals surface area (Å²) < 4.78 is 13.2. The van der Waals surface area contributed by atoms with E-state index in [4.69, 9.17) is 9.47 Å². The van der Waals surface area contributed by atoms with Gasteiger partial charge in [-0.15, -0.1) is 0 Å². The molecule has 2 aromatic rings. The predicted molar refractivity (Wildman–Crippen MR) is 82.5 cm³/mol. The van der Waals surface area contributed by atoms with Gasteiger partial charge in [-0.1, -0.05) is 13.0 Å². The molecule has 0 saturated heterocycles. The molecule has 21 heavy (non-hydrogen) atoms. The van der Waals surface area contributed by atoms with Crippen LogP contribution in [0.1, 0.15) is 24.6 Å². The van der Waals surface area contributed by atoms with E-state index >= 15 is 0 Å². The van der Waals surface area contributed by atoms with Gasteiger partial charge >= 0.3 is 0 Å². The van der Waals surface area contributed by atoms with Crippen LogP contribution in [0.4, 0.5) is 0 Å². The van der Waals surface area contributed by atoms with Crippen molar-refractivity contribution in [1.29, 1.82) is 0 Å². The highest BCUT2D eigenvalue weighted by Gasteiger charge is 2.07. The largest absolute Gasteiger partial charge is 0.497 e. The number of hydrogen-bond acceptors (Lipinski definition) is 4. The number of rotatable bonds is 8. The lowest BCUT2D eigenvalue weighted by Gasteiger charge is -2.13. The fraction of sp³-hybridized carbons (Fsp3) is 0.438. The number of hydrogen-bond donors (Lipinski definition) is 1. The van der Waals surface area contributed by atoms with E-state index in [9.17, 15) is 0 Å². The molecule has 0 fully saturated rings. The molecule has 1 N–H and O–H groups in total. The van der Waals surface area contributed by atoms with Crippen LogP contribution < -0.4 is 14.8 Å². The zero-order valence-corrected chi connectivity index (χ0v) is 12.9. The number of nitrogens with one attached hydrogen (secondary N) is 1. The summed E-state index contributed by atoms with van der Waals surface area (Å²) in [7, 11) is 3.62. The van der Waals surface area contributed by atoms with Crippen molar-refractivity contribution in [1.82, 2.24) is 14.9 Å². The number of aryl methyl sites for hydroxylation is 1. The minimum Gasteiger partial charge on any atom is -0.497 e. The number of ether oxygens (including phenoxy) is 2. The van der Waals surface area contributed by atoms with Crippen molar-refractivity contribution < 1.29 is 9.47 Å². The molecular formula is C16H23N3O2. The highest BCUT2D eigenvalue weighted by molar-refractivity contribution is 5.40. The maximum Gasteiger partial charge on any atom is 0.130 e. The molecule has 0 atom stereocenters. The van der Waals surface area contributed by atoms with E-state index in [0.717, 1.165) is 42.3 Å². The molecule has 1 heterocycles. The molecule has 0 amide bonds. The molecule has 1 aromatic heterocycles. The van der Waals surface area contributed by atoms with E-state index in [1.165, 1.54) is 0 Å². The smallest absolute Gasteiger partial charge is 0.130 e. The Morgan fingerprint density at radius 1 is 1.33 bits per heavy atom. The molecule has 0 aliphatic heterocycles. The molecule has 0 unspecified atom stereocenters. The zero-order valence-electron chi connectivity index (χ0n) is 12.9. The van der Waals surface area contributed by atoms with E-state index in [-0.39, 0.29) is 0 Å². The lowest BCUT2D eigenvalue weighted by atomic mass is 10.2. The maximum absolute atomic E-state index is 5.95. The van der Waals surface area contributed by atoms with E-state index in [1.54, 1.807) is 13.4 Å². The minimum absolute atomic E-state index is 0.491. The Hall–Kier alpha value is -2.01. The predicted octanol–water partition coefficient (Wildman–Crippen LogP) is 2.51. The summed E-state index contributed by atoms with van der Waals surface area (Å²) >= 11 is 0. The van der Waals surface area contributed by atoms with Crippen LogP contribution in [0.15, 0.2) is 30.7 Å². The van der Waals surface area contributed by atoms with Crippen molar-refractivity contribution in [3.63, 3.8) is 0 Å². The summed E-state index contributed by atoms with van der Waals surface area (Å²) in [6.45, 7) is 4.43. The molecule has 0 saturated carbocycles. The quantitative estimate of drug-likeness (QED) is 0.759. The van der Waals surface area contributed by atoms with E-state index in [0.29, 0.717) is 6.61 Å². The Morgan fingerprint density at radius 2 is 2.19 bits per heavy atom. The summed E-state index contributed by atoms with van der Waals surface area (Å²) in [6, 6.07) is 5.93. The van der Waals surface area contributed by atoms with Gasteiger partial charge in [0.05, 0.1) is 25.3 Å². The average molecular weight is 289 g/mol. The third-order valence-corrected chi connectivity index (χ3v) is 3.31. The van der Waals surface area contributed by atoms with Gasteiger partial charge in [0, 0.05) is 25.2 Å². The molecule has 5 heteroatoms. The molecule has 5 nitrogen and oxygen atoms in total. The second-order valence-electron chi connectivity index (χ2n) is 4.93. The lowest BCUT2D eigenvalue weighted by molar-refractivity contribution is 0.291. The van der Waals surface area contributed by atoms with E-state index < -0.39 is 0 Å². The summed E-state index contributed by atoms with van der Waals surface area (Å²) in [5, 5.41) is 3.40. The highest BCUT2D eigenvalue weighted by atomic mass is 16.5. The van der Waals surface area contributed by atoms with Crippen LogP contribution in [0.25, 0.3) is 0 Å². The Kier molecular flexibility index (Phi) is 5.63. The topological polar surface area (TPSA) is 48.3 Å². The van der Waals surface area contributed by atoms with Gasteiger partial charge in [0.15, 0.2) is 0 Å². The average Bonchev–Trinajstić information content (AvgIpc) is 2.91. The Balaban J connectivity index is 2.08. The van der Waals surface area contributed by atoms with Crippen molar-refractivity contribution in [3.8, 4) is 11.5 Å². The summed E-state index contributed by atoms with van der Waals surface area (Å²) in [4.78, 5) is 4.10. The first-order valence-corrected chi connectivity index (χ1v) is 7.20. The second kappa shape index (κ2) is 7.69. The molecule has 1 aromatic carbocycles. The second-order valence-corrected chi connectivity index (χ2v) is 4.93. The van der Waals surface area contributed by atoms with Crippen LogP contribution in [0.3, 0.4) is 0 Å². The molecule has 0 spiro atoms. The third kappa shape index (κ3) is 4.23. The molecule has 2 rings (SSSR count). The Bertz CT molecular complexity index is 566. The molecule has 0 aliphatic carbocycles. The standard InChI is InChI=1S/C16H23N3O2/c1-4-7-17-9-13-5-6-15(20-3)8-16(13)21-11-14-10-18-12-19(14)2/h5-6,8,10,12,17H,4,7,9,11H2,1-3H3. The van der Waals surface area contributed by atoms with Gasteiger partial charge in [-0.25, -0.2) is 4.98 Å². The molecule has 0 bridgehead atoms. The van der Waals surface area contributed by atoms with Gasteiger partial charge in [-0.2, -0.15) is 0 Å². The van der Waals surface area contributed by atoms with Crippen molar-refractivity contribution >= 4 is 0 Å². The van der Waals surface area contributed by atoms with Gasteiger partial charge in [-0.3, -0.25) is 0 Å². The Labute approximate surface area is 125 Å². The molecular weight excluding hydrogens is 266 g/mol. The first-order valence-electron chi connectivity index (χ1n) is 7.20. The van der Waals surface area contributed by atoms with Crippen molar-refractivity contribution in [3.05, 3.63) is 42.0 Å². The normalized spacial score (nSPS) is 10.6. The van der Waals surface area contributed by atoms with Gasteiger partial charge < -0.3 is 19.4 Å². The van der Waals surface area contributed by atoms with Crippen LogP contribution in [0.5, 0.6) is 11.5 Å². The van der Waals surface area contributed by atoms with Crippen LogP contribution in [0.2, 0.25) is 0 Å². The monoisotopic (exact) mass is 289 g/mol. The van der Waals surface area contributed by atoms with E-state index in [1.807, 2.05) is 36.0 Å². The van der Waals surface area contributed by atoms with Crippen LogP contribution in [0, 0.1) is 0 Å². The lowest BCUT2D eigenvalue weighted by Crippen LogP contribution is -2.15. The maximum atomic E-state index is 5.95. The van der Waals surface area contributed by atoms with Gasteiger partial charge in [0.2, 0.25) is 0 Å². The van der Waals surface area contributed by atoms with E-state index in [2.05, 4.69) is 17.2 Å². The van der Waals surface area contributed by atoms with Crippen LogP contribution in [-0.2, 0) is 20.2 Å². The van der Waals surface area contributed by atoms with Crippen molar-refractivity contribution in [2.45, 2.75) is 26.5 Å². The summed E-state index contributed by atoms with van der Waals surface area (Å²) in [5.74, 6) is 1.65. The zero-order chi connectivity index (χ0) is 15.1. The number of imidazole rings is 1. The Morgan fingerprint density at radius 3 is 2.86 bits per heavy atom. The minimum atomic E-state index is 0.491. The van der Waals surface area contributed by atoms with Crippen molar-refractivity contribution in [2.24, 2.45) is 7.05 Å². The van der Waals surface area contributed by atoms with Crippen LogP contribution in [-0.4, -0.2) is 23.2 Å². The first kappa shape index (κ1) is 15.4. The first-order chi connectivity index (χ1) is 10.2. The van der Waals surface area contributed by atoms with Gasteiger partial charge in [0.25, 0.3) is 0 Å². The molecule has 0 radical (unpaired) electrons. The summed E-state index contributed by atoms with van der Waals surface area (Å²) in [5.41, 5.74) is 2.16. The number of benzene rings is 1. The number of nitrogens with zero attached hydrogens (tertiary/aromatic N) is 2. The summed E-state index contributed by atoms with van der Waals surface area (Å²) in [6.07, 6.45) is 4.70. The highest BCUT2D eigenvalue weighted by Crippen LogP contribution is 2.25.